The fourth-order valence-corrected chi connectivity index (χ4v) is 0.932. The molecule has 0 amide bonds. The molecule has 0 bridgehead atoms. The van der Waals surface area contributed by atoms with Crippen molar-refractivity contribution >= 4 is 6.08 Å². The Balaban J connectivity index is 2.66. The van der Waals surface area contributed by atoms with E-state index in [0.29, 0.717) is 6.42 Å². The summed E-state index contributed by atoms with van der Waals surface area (Å²) in [5, 5.41) is 8.55. The number of aliphatic hydroxyl groups excluding tert-OH is 1. The van der Waals surface area contributed by atoms with E-state index in [1.807, 2.05) is 18.2 Å². The summed E-state index contributed by atoms with van der Waals surface area (Å²) in [5.41, 5.74) is 0.979. The second kappa shape index (κ2) is 5.32. The summed E-state index contributed by atoms with van der Waals surface area (Å²) in [4.78, 5) is 4.00. The van der Waals surface area contributed by atoms with Gasteiger partial charge in [0, 0.05) is 12.8 Å². The van der Waals surface area contributed by atoms with Crippen LogP contribution in [0.3, 0.4) is 0 Å². The number of methoxy groups -OCH3 is 1. The lowest BCUT2D eigenvalue weighted by atomic mass is 10.2. The molecular formula is C10H13NO2. The van der Waals surface area contributed by atoms with Gasteiger partial charge in [-0.15, -0.1) is 0 Å². The minimum Gasteiger partial charge on any atom is -0.495 e. The molecule has 0 saturated heterocycles. The van der Waals surface area contributed by atoms with Crippen molar-refractivity contribution in [2.24, 2.45) is 0 Å². The van der Waals surface area contributed by atoms with Gasteiger partial charge in [0.25, 0.3) is 0 Å². The SMILES string of the molecule is COc1cncc(C=CCCO)c1. The Bertz CT molecular complexity index is 284. The highest BCUT2D eigenvalue weighted by molar-refractivity contribution is 5.49. The van der Waals surface area contributed by atoms with Crippen LogP contribution < -0.4 is 4.74 Å². The summed E-state index contributed by atoms with van der Waals surface area (Å²) >= 11 is 0. The third-order valence-corrected chi connectivity index (χ3v) is 1.58. The highest BCUT2D eigenvalue weighted by Gasteiger charge is 1.91. The van der Waals surface area contributed by atoms with Gasteiger partial charge in [0.05, 0.1) is 13.3 Å². The van der Waals surface area contributed by atoms with Crippen LogP contribution in [0.5, 0.6) is 5.75 Å². The summed E-state index contributed by atoms with van der Waals surface area (Å²) < 4.78 is 5.02. The Hall–Kier alpha value is -1.35. The standard InChI is InChI=1S/C10H13NO2/c1-13-10-6-9(7-11-8-10)4-2-3-5-12/h2,4,6-8,12H,3,5H2,1H3. The van der Waals surface area contributed by atoms with Crippen molar-refractivity contribution in [1.29, 1.82) is 0 Å². The van der Waals surface area contributed by atoms with Gasteiger partial charge in [0.2, 0.25) is 0 Å². The number of pyridine rings is 1. The van der Waals surface area contributed by atoms with Crippen molar-refractivity contribution < 1.29 is 9.84 Å². The summed E-state index contributed by atoms with van der Waals surface area (Å²) in [6.07, 6.45) is 7.87. The number of nitrogens with zero attached hydrogens (tertiary/aromatic N) is 1. The maximum atomic E-state index is 8.55. The molecule has 13 heavy (non-hydrogen) atoms. The molecule has 1 N–H and O–H groups in total. The van der Waals surface area contributed by atoms with Gasteiger partial charge in [-0.3, -0.25) is 4.98 Å². The molecule has 0 radical (unpaired) electrons. The molecule has 1 rings (SSSR count). The van der Waals surface area contributed by atoms with Crippen LogP contribution in [0.25, 0.3) is 6.08 Å². The van der Waals surface area contributed by atoms with E-state index in [1.54, 1.807) is 19.5 Å². The molecule has 70 valence electrons. The maximum absolute atomic E-state index is 8.55. The number of ether oxygens (including phenoxy) is 1. The lowest BCUT2D eigenvalue weighted by molar-refractivity contribution is 0.303. The van der Waals surface area contributed by atoms with E-state index >= 15 is 0 Å². The molecule has 0 aliphatic rings. The van der Waals surface area contributed by atoms with Gasteiger partial charge in [-0.2, -0.15) is 0 Å². The van der Waals surface area contributed by atoms with Crippen LogP contribution in [-0.2, 0) is 0 Å². The predicted molar refractivity (Wildman–Crippen MR) is 51.5 cm³/mol. The van der Waals surface area contributed by atoms with Gasteiger partial charge in [-0.1, -0.05) is 12.2 Å². The highest BCUT2D eigenvalue weighted by atomic mass is 16.5. The normalized spacial score (nSPS) is 10.6. The smallest absolute Gasteiger partial charge is 0.137 e. The van der Waals surface area contributed by atoms with Crippen LogP contribution in [0, 0.1) is 0 Å². The third kappa shape index (κ3) is 3.25. The molecule has 0 aliphatic carbocycles. The van der Waals surface area contributed by atoms with Gasteiger partial charge in [0.1, 0.15) is 5.75 Å². The quantitative estimate of drug-likeness (QED) is 0.761. The zero-order chi connectivity index (χ0) is 9.52. The molecule has 1 aromatic rings. The molecule has 0 spiro atoms. The zero-order valence-corrected chi connectivity index (χ0v) is 7.60. The van der Waals surface area contributed by atoms with Crippen LogP contribution in [0.4, 0.5) is 0 Å². The van der Waals surface area contributed by atoms with Crippen molar-refractivity contribution in [1.82, 2.24) is 4.98 Å². The zero-order valence-electron chi connectivity index (χ0n) is 7.60. The van der Waals surface area contributed by atoms with Gasteiger partial charge in [-0.25, -0.2) is 0 Å². The largest absolute Gasteiger partial charge is 0.495 e. The number of hydrogen-bond acceptors (Lipinski definition) is 3. The first-order valence-electron chi connectivity index (χ1n) is 4.13. The first-order chi connectivity index (χ1) is 6.36. The third-order valence-electron chi connectivity index (χ3n) is 1.58. The van der Waals surface area contributed by atoms with Crippen molar-refractivity contribution in [3.05, 3.63) is 30.1 Å². The molecule has 3 heteroatoms. The lowest BCUT2D eigenvalue weighted by Crippen LogP contribution is -1.85. The lowest BCUT2D eigenvalue weighted by Gasteiger charge is -1.98. The Kier molecular flexibility index (Phi) is 3.99. The highest BCUT2D eigenvalue weighted by Crippen LogP contribution is 2.11. The van der Waals surface area contributed by atoms with E-state index in [-0.39, 0.29) is 6.61 Å². The van der Waals surface area contributed by atoms with Gasteiger partial charge < -0.3 is 9.84 Å². The van der Waals surface area contributed by atoms with Gasteiger partial charge in [0.15, 0.2) is 0 Å². The minimum atomic E-state index is 0.175. The monoisotopic (exact) mass is 179 g/mol. The van der Waals surface area contributed by atoms with Crippen molar-refractivity contribution in [2.45, 2.75) is 6.42 Å². The fraction of sp³-hybridized carbons (Fsp3) is 0.300. The first kappa shape index (κ1) is 9.74. The van der Waals surface area contributed by atoms with Crippen molar-refractivity contribution in [3.8, 4) is 5.75 Å². The number of rotatable bonds is 4. The molecule has 0 aromatic carbocycles. The molecule has 0 fully saturated rings. The molecule has 3 nitrogen and oxygen atoms in total. The Labute approximate surface area is 77.7 Å². The van der Waals surface area contributed by atoms with E-state index in [1.165, 1.54) is 0 Å². The van der Waals surface area contributed by atoms with Crippen LogP contribution in [-0.4, -0.2) is 23.8 Å². The summed E-state index contributed by atoms with van der Waals surface area (Å²) in [5.74, 6) is 0.742. The molecule has 1 heterocycles. The average Bonchev–Trinajstić information content (AvgIpc) is 2.19. The van der Waals surface area contributed by atoms with Crippen LogP contribution in [0.1, 0.15) is 12.0 Å². The topological polar surface area (TPSA) is 42.4 Å². The molecule has 0 saturated carbocycles. The Morgan fingerprint density at radius 2 is 2.38 bits per heavy atom. The molecular weight excluding hydrogens is 166 g/mol. The van der Waals surface area contributed by atoms with Crippen LogP contribution in [0.2, 0.25) is 0 Å². The number of aromatic nitrogens is 1. The second-order valence-electron chi connectivity index (χ2n) is 2.57. The second-order valence-corrected chi connectivity index (χ2v) is 2.57. The summed E-state index contributed by atoms with van der Waals surface area (Å²) in [7, 11) is 1.61. The molecule has 1 aromatic heterocycles. The first-order valence-corrected chi connectivity index (χ1v) is 4.13. The average molecular weight is 179 g/mol. The van der Waals surface area contributed by atoms with Crippen molar-refractivity contribution in [3.63, 3.8) is 0 Å². The van der Waals surface area contributed by atoms with Crippen LogP contribution in [0.15, 0.2) is 24.5 Å². The van der Waals surface area contributed by atoms with E-state index in [0.717, 1.165) is 11.3 Å². The number of hydrogen-bond donors (Lipinski definition) is 1. The number of aliphatic hydroxyl groups is 1. The Morgan fingerprint density at radius 1 is 1.54 bits per heavy atom. The predicted octanol–water partition coefficient (Wildman–Crippen LogP) is 1.49. The van der Waals surface area contributed by atoms with Crippen molar-refractivity contribution in [2.75, 3.05) is 13.7 Å². The Morgan fingerprint density at radius 3 is 3.08 bits per heavy atom. The maximum Gasteiger partial charge on any atom is 0.137 e. The van der Waals surface area contributed by atoms with Crippen LogP contribution >= 0.6 is 0 Å². The fourth-order valence-electron chi connectivity index (χ4n) is 0.932. The van der Waals surface area contributed by atoms with E-state index in [2.05, 4.69) is 4.98 Å². The van der Waals surface area contributed by atoms with E-state index < -0.39 is 0 Å². The van der Waals surface area contributed by atoms with Gasteiger partial charge in [-0.05, 0) is 18.1 Å². The minimum absolute atomic E-state index is 0.175. The molecule has 0 atom stereocenters. The summed E-state index contributed by atoms with van der Waals surface area (Å²) in [6, 6.07) is 1.89. The van der Waals surface area contributed by atoms with E-state index in [9.17, 15) is 0 Å². The summed E-state index contributed by atoms with van der Waals surface area (Å²) in [6.45, 7) is 0.175. The molecule has 0 unspecified atom stereocenters. The molecule has 0 aliphatic heterocycles. The van der Waals surface area contributed by atoms with Gasteiger partial charge >= 0.3 is 0 Å². The van der Waals surface area contributed by atoms with E-state index in [4.69, 9.17) is 9.84 Å².